The van der Waals surface area contributed by atoms with Crippen LogP contribution in [0.25, 0.3) is 22.0 Å². The maximum Gasteiger partial charge on any atom is 0.245 e. The van der Waals surface area contributed by atoms with Gasteiger partial charge in [-0.1, -0.05) is 26.7 Å². The van der Waals surface area contributed by atoms with E-state index in [2.05, 4.69) is 28.3 Å². The summed E-state index contributed by atoms with van der Waals surface area (Å²) in [6.07, 6.45) is 9.18. The molecule has 2 fully saturated rings. The number of rotatable bonds is 4. The number of piperidine rings is 1. The van der Waals surface area contributed by atoms with Gasteiger partial charge in [0.25, 0.3) is 0 Å². The Morgan fingerprint density at radius 3 is 2.58 bits per heavy atom. The zero-order chi connectivity index (χ0) is 30.5. The molecule has 226 valence electrons. The second kappa shape index (κ2) is 11.3. The minimum Gasteiger partial charge on any atom is -0.355 e. The number of aromatic nitrogens is 4. The van der Waals surface area contributed by atoms with E-state index in [1.165, 1.54) is 6.92 Å². The molecule has 2 bridgehead atoms. The van der Waals surface area contributed by atoms with Crippen LogP contribution in [0.2, 0.25) is 0 Å². The van der Waals surface area contributed by atoms with Crippen LogP contribution in [-0.4, -0.2) is 66.7 Å². The van der Waals surface area contributed by atoms with Crippen molar-refractivity contribution in [3.05, 3.63) is 41.6 Å². The van der Waals surface area contributed by atoms with Crippen molar-refractivity contribution in [3.8, 4) is 11.1 Å². The SMILES string of the molecule is CCC(=O)[C@@H]1C[C@]23CNC(=O)C[C@H](C)CCCCc4cc(-c5cnc(C)nc5)cc5c(C(C)=O)nn(c45)CC(=O)N1[C@@H]2C3. The van der Waals surface area contributed by atoms with Gasteiger partial charge >= 0.3 is 0 Å². The van der Waals surface area contributed by atoms with Gasteiger partial charge in [-0.2, -0.15) is 5.10 Å². The minimum absolute atomic E-state index is 0.0339. The number of nitrogens with one attached hydrogen (secondary N) is 1. The maximum absolute atomic E-state index is 14.1. The summed E-state index contributed by atoms with van der Waals surface area (Å²) in [7, 11) is 0. The van der Waals surface area contributed by atoms with Crippen molar-refractivity contribution in [2.45, 2.75) is 97.7 Å². The topological polar surface area (TPSA) is 127 Å². The number of hydrogen-bond donors (Lipinski definition) is 1. The van der Waals surface area contributed by atoms with Crippen LogP contribution in [0.3, 0.4) is 0 Å². The van der Waals surface area contributed by atoms with E-state index in [1.807, 2.05) is 19.9 Å². The molecule has 1 saturated heterocycles. The van der Waals surface area contributed by atoms with E-state index in [1.54, 1.807) is 22.0 Å². The molecule has 43 heavy (non-hydrogen) atoms. The lowest BCUT2D eigenvalue weighted by Gasteiger charge is -2.26. The Morgan fingerprint density at radius 1 is 1.09 bits per heavy atom. The van der Waals surface area contributed by atoms with Gasteiger partial charge in [-0.15, -0.1) is 0 Å². The van der Waals surface area contributed by atoms with Crippen LogP contribution in [-0.2, 0) is 27.3 Å². The highest BCUT2D eigenvalue weighted by atomic mass is 16.2. The Bertz CT molecular complexity index is 1610. The first-order valence-electron chi connectivity index (χ1n) is 15.5. The monoisotopic (exact) mass is 584 g/mol. The predicted octanol–water partition coefficient (Wildman–Crippen LogP) is 4.21. The average Bonchev–Trinajstić information content (AvgIpc) is 3.39. The molecular formula is C33H40N6O4. The second-order valence-electron chi connectivity index (χ2n) is 12.9. The first-order valence-corrected chi connectivity index (χ1v) is 15.5. The number of nitrogens with zero attached hydrogens (tertiary/aromatic N) is 5. The van der Waals surface area contributed by atoms with Crippen LogP contribution in [0.5, 0.6) is 0 Å². The zero-order valence-electron chi connectivity index (χ0n) is 25.5. The van der Waals surface area contributed by atoms with Gasteiger partial charge in [-0.25, -0.2) is 9.97 Å². The third-order valence-electron chi connectivity index (χ3n) is 9.65. The lowest BCUT2D eigenvalue weighted by molar-refractivity contribution is -0.139. The molecule has 10 nitrogen and oxygen atoms in total. The quantitative estimate of drug-likeness (QED) is 0.455. The fourth-order valence-corrected chi connectivity index (χ4v) is 7.22. The van der Waals surface area contributed by atoms with Gasteiger partial charge < -0.3 is 10.2 Å². The van der Waals surface area contributed by atoms with Crippen LogP contribution in [0.4, 0.5) is 0 Å². The van der Waals surface area contributed by atoms with E-state index in [-0.39, 0.29) is 47.3 Å². The van der Waals surface area contributed by atoms with E-state index in [4.69, 9.17) is 5.10 Å². The van der Waals surface area contributed by atoms with Crippen molar-refractivity contribution < 1.29 is 19.2 Å². The van der Waals surface area contributed by atoms with E-state index >= 15 is 0 Å². The molecular weight excluding hydrogens is 544 g/mol. The highest BCUT2D eigenvalue weighted by molar-refractivity contribution is 6.07. The van der Waals surface area contributed by atoms with Gasteiger partial charge in [0.05, 0.1) is 11.6 Å². The molecule has 4 atom stereocenters. The molecule has 1 aromatic carbocycles. The largest absolute Gasteiger partial charge is 0.355 e. The van der Waals surface area contributed by atoms with Gasteiger partial charge in [0.2, 0.25) is 11.8 Å². The van der Waals surface area contributed by atoms with E-state index < -0.39 is 6.04 Å². The summed E-state index contributed by atoms with van der Waals surface area (Å²) in [4.78, 5) is 63.3. The standard InChI is InChI=1S/C33H40N6O4/c1-5-27(41)26-13-33-14-28(33)39(26)30(43)17-38-32-22(9-7-6-8-19(2)10-29(42)36-18-33)11-23(24-15-34-21(4)35-16-24)12-25(32)31(37-38)20(3)40/h11-12,15-16,19,26,28H,5-10,13-14,17-18H2,1-4H3,(H,36,42)/t19-,26+,28-,33+/m1/s1. The van der Waals surface area contributed by atoms with Crippen LogP contribution in [0.1, 0.15) is 87.6 Å². The van der Waals surface area contributed by atoms with Crippen LogP contribution < -0.4 is 5.32 Å². The minimum atomic E-state index is -0.507. The van der Waals surface area contributed by atoms with Crippen LogP contribution in [0.15, 0.2) is 24.5 Å². The number of hydrogen-bond acceptors (Lipinski definition) is 7. The molecule has 2 amide bonds. The molecule has 1 N–H and O–H groups in total. The highest BCUT2D eigenvalue weighted by Crippen LogP contribution is 2.59. The lowest BCUT2D eigenvalue weighted by atomic mass is 9.94. The van der Waals surface area contributed by atoms with Gasteiger partial charge in [0, 0.05) is 61.1 Å². The van der Waals surface area contributed by atoms with Crippen LogP contribution >= 0.6 is 0 Å². The smallest absolute Gasteiger partial charge is 0.245 e. The summed E-state index contributed by atoms with van der Waals surface area (Å²) in [5, 5.41) is 8.55. The van der Waals surface area contributed by atoms with Crippen molar-refractivity contribution in [2.24, 2.45) is 11.3 Å². The predicted molar refractivity (Wildman–Crippen MR) is 161 cm³/mol. The summed E-state index contributed by atoms with van der Waals surface area (Å²) in [6, 6.07) is 3.45. The highest BCUT2D eigenvalue weighted by Gasteiger charge is 2.66. The van der Waals surface area contributed by atoms with E-state index in [0.717, 1.165) is 54.3 Å². The molecule has 1 aliphatic carbocycles. The van der Waals surface area contributed by atoms with Gasteiger partial charge in [-0.05, 0) is 61.8 Å². The van der Waals surface area contributed by atoms with Gasteiger partial charge in [-0.3, -0.25) is 23.9 Å². The zero-order valence-corrected chi connectivity index (χ0v) is 25.5. The molecule has 4 heterocycles. The van der Waals surface area contributed by atoms with E-state index in [9.17, 15) is 19.2 Å². The van der Waals surface area contributed by atoms with Crippen molar-refractivity contribution in [1.29, 1.82) is 0 Å². The first kappa shape index (κ1) is 29.1. The molecule has 2 aromatic heterocycles. The summed E-state index contributed by atoms with van der Waals surface area (Å²) in [6.45, 7) is 7.69. The van der Waals surface area contributed by atoms with Crippen molar-refractivity contribution in [1.82, 2.24) is 30.0 Å². The summed E-state index contributed by atoms with van der Waals surface area (Å²) < 4.78 is 1.68. The molecule has 0 unspecified atom stereocenters. The summed E-state index contributed by atoms with van der Waals surface area (Å²) in [5.74, 6) is 0.634. The molecule has 3 aromatic rings. The molecule has 3 aliphatic rings. The Labute approximate surface area is 251 Å². The van der Waals surface area contributed by atoms with E-state index in [0.29, 0.717) is 42.7 Å². The maximum atomic E-state index is 14.1. The second-order valence-corrected chi connectivity index (χ2v) is 12.9. The van der Waals surface area contributed by atoms with Crippen molar-refractivity contribution in [2.75, 3.05) is 6.54 Å². The Balaban J connectivity index is 1.45. The number of Topliss-reactive ketones (excluding diaryl/α,β-unsaturated/α-hetero) is 2. The fourth-order valence-electron chi connectivity index (χ4n) is 7.22. The Morgan fingerprint density at radius 2 is 1.86 bits per heavy atom. The van der Waals surface area contributed by atoms with Gasteiger partial charge in [0.15, 0.2) is 11.6 Å². The number of aryl methyl sites for hydroxylation is 2. The number of ketones is 2. The normalized spacial score (nSPS) is 26.1. The third kappa shape index (κ3) is 5.47. The van der Waals surface area contributed by atoms with Crippen molar-refractivity contribution in [3.63, 3.8) is 0 Å². The summed E-state index contributed by atoms with van der Waals surface area (Å²) >= 11 is 0. The first-order chi connectivity index (χ1) is 20.6. The molecule has 10 heteroatoms. The number of amides is 2. The molecule has 6 rings (SSSR count). The average molecular weight is 585 g/mol. The lowest BCUT2D eigenvalue weighted by Crippen LogP contribution is -2.44. The number of benzene rings is 1. The van der Waals surface area contributed by atoms with Gasteiger partial charge in [0.1, 0.15) is 18.1 Å². The van der Waals surface area contributed by atoms with Crippen LogP contribution in [0, 0.1) is 18.3 Å². The third-order valence-corrected chi connectivity index (χ3v) is 9.65. The molecule has 0 spiro atoms. The number of carbonyl (C=O) groups is 4. The van der Waals surface area contributed by atoms with Crippen molar-refractivity contribution >= 4 is 34.3 Å². The fraction of sp³-hybridized carbons (Fsp3) is 0.545. The molecule has 0 radical (unpaired) electrons. The summed E-state index contributed by atoms with van der Waals surface area (Å²) in [5.41, 5.74) is 3.58. The number of carbonyl (C=O) groups excluding carboxylic acids is 4. The Kier molecular flexibility index (Phi) is 7.64. The molecule has 2 aliphatic heterocycles. The molecule has 1 saturated carbocycles. The Hall–Kier alpha value is -3.95.